The third-order valence-corrected chi connectivity index (χ3v) is 7.13. The SMILES string of the molecule is COCN(SC1=C(F)CCC(F)=C1)c1cccc(C(N)=C(C=NCCF)c2ccnc3c2ccn3COC)c1F. The Balaban J connectivity index is 1.83. The van der Waals surface area contributed by atoms with Gasteiger partial charge in [0.2, 0.25) is 0 Å². The van der Waals surface area contributed by atoms with Crippen molar-refractivity contribution >= 4 is 46.2 Å². The van der Waals surface area contributed by atoms with E-state index >= 15 is 4.39 Å². The van der Waals surface area contributed by atoms with Gasteiger partial charge in [0.25, 0.3) is 0 Å². The maximum absolute atomic E-state index is 16.1. The maximum Gasteiger partial charge on any atom is 0.156 e. The van der Waals surface area contributed by atoms with Crippen molar-refractivity contribution in [1.82, 2.24) is 9.55 Å². The summed E-state index contributed by atoms with van der Waals surface area (Å²) in [6.45, 7) is -0.622. The van der Waals surface area contributed by atoms with Crippen molar-refractivity contribution in [3.63, 3.8) is 0 Å². The Bertz CT molecular complexity index is 1480. The summed E-state index contributed by atoms with van der Waals surface area (Å²) < 4.78 is 71.0. The van der Waals surface area contributed by atoms with E-state index in [0.717, 1.165) is 18.0 Å². The summed E-state index contributed by atoms with van der Waals surface area (Å²) >= 11 is 0.829. The van der Waals surface area contributed by atoms with Crippen molar-refractivity contribution in [1.29, 1.82) is 0 Å². The second-order valence-electron chi connectivity index (χ2n) is 8.74. The number of rotatable bonds is 12. The van der Waals surface area contributed by atoms with Crippen LogP contribution in [0.1, 0.15) is 24.0 Å². The number of alkyl halides is 1. The number of hydrogen-bond acceptors (Lipinski definition) is 7. The zero-order valence-corrected chi connectivity index (χ0v) is 22.9. The molecule has 2 heterocycles. The largest absolute Gasteiger partial charge is 0.398 e. The lowest BCUT2D eigenvalue weighted by molar-refractivity contribution is 0.134. The third-order valence-electron chi connectivity index (χ3n) is 6.08. The third kappa shape index (κ3) is 6.40. The van der Waals surface area contributed by atoms with Gasteiger partial charge in [-0.25, -0.2) is 22.5 Å². The van der Waals surface area contributed by atoms with Gasteiger partial charge >= 0.3 is 0 Å². The first-order chi connectivity index (χ1) is 19.4. The number of benzene rings is 1. The average Bonchev–Trinajstić information content (AvgIpc) is 3.36. The molecule has 1 aromatic carbocycles. The van der Waals surface area contributed by atoms with Gasteiger partial charge in [0.05, 0.1) is 22.8 Å². The monoisotopic (exact) mass is 575 g/mol. The number of anilines is 1. The van der Waals surface area contributed by atoms with E-state index in [2.05, 4.69) is 9.98 Å². The lowest BCUT2D eigenvalue weighted by atomic mass is 9.98. The first-order valence-corrected chi connectivity index (χ1v) is 13.1. The Morgan fingerprint density at radius 1 is 1.15 bits per heavy atom. The molecule has 0 radical (unpaired) electrons. The summed E-state index contributed by atoms with van der Waals surface area (Å²) in [6, 6.07) is 8.14. The van der Waals surface area contributed by atoms with E-state index in [-0.39, 0.29) is 54.7 Å². The van der Waals surface area contributed by atoms with Crippen molar-refractivity contribution < 1.29 is 27.0 Å². The number of ether oxygens (including phenoxy) is 2. The van der Waals surface area contributed by atoms with E-state index in [1.54, 1.807) is 36.2 Å². The Labute approximate surface area is 233 Å². The van der Waals surface area contributed by atoms with Gasteiger partial charge in [0.15, 0.2) is 5.82 Å². The fourth-order valence-electron chi connectivity index (χ4n) is 4.22. The predicted octanol–water partition coefficient (Wildman–Crippen LogP) is 6.53. The smallest absolute Gasteiger partial charge is 0.156 e. The van der Waals surface area contributed by atoms with E-state index in [1.807, 2.05) is 6.07 Å². The van der Waals surface area contributed by atoms with Crippen molar-refractivity contribution in [2.24, 2.45) is 10.7 Å². The minimum atomic E-state index is -0.704. The van der Waals surface area contributed by atoms with E-state index in [1.165, 1.54) is 29.8 Å². The molecular weight excluding hydrogens is 546 g/mol. The lowest BCUT2D eigenvalue weighted by Gasteiger charge is -2.25. The molecule has 1 aliphatic rings. The lowest BCUT2D eigenvalue weighted by Crippen LogP contribution is -2.20. The molecular formula is C28H29F4N5O2S. The van der Waals surface area contributed by atoms with Gasteiger partial charge in [-0.3, -0.25) is 9.30 Å². The molecule has 7 nitrogen and oxygen atoms in total. The Kier molecular flexibility index (Phi) is 10.0. The normalized spacial score (nSPS) is 14.7. The number of nitrogens with two attached hydrogens (primary N) is 1. The molecule has 0 fully saturated rings. The predicted molar refractivity (Wildman–Crippen MR) is 152 cm³/mol. The first-order valence-electron chi connectivity index (χ1n) is 12.4. The van der Waals surface area contributed by atoms with Crippen molar-refractivity contribution in [3.8, 4) is 0 Å². The van der Waals surface area contributed by atoms with Gasteiger partial charge in [-0.05, 0) is 47.9 Å². The molecule has 0 amide bonds. The Hall–Kier alpha value is -3.61. The van der Waals surface area contributed by atoms with Crippen molar-refractivity contribution in [2.45, 2.75) is 19.6 Å². The van der Waals surface area contributed by atoms with E-state index in [4.69, 9.17) is 15.2 Å². The number of fused-ring (bicyclic) bond motifs is 1. The molecule has 12 heteroatoms. The topological polar surface area (TPSA) is 77.9 Å². The van der Waals surface area contributed by atoms with Crippen LogP contribution in [0.4, 0.5) is 23.2 Å². The quantitative estimate of drug-likeness (QED) is 0.115. The van der Waals surface area contributed by atoms with E-state index < -0.39 is 24.1 Å². The highest BCUT2D eigenvalue weighted by molar-refractivity contribution is 8.04. The molecule has 0 atom stereocenters. The number of pyridine rings is 1. The molecule has 4 rings (SSSR count). The molecule has 212 valence electrons. The van der Waals surface area contributed by atoms with E-state index in [0.29, 0.717) is 22.2 Å². The van der Waals surface area contributed by atoms with Gasteiger partial charge in [0.1, 0.15) is 37.4 Å². The standard InChI is InChI=1S/C28H29F4N5O2S/c1-38-16-36-13-9-20-19(8-11-35-28(20)36)22(15-34-12-10-29)27(33)21-4-3-5-24(26(21)32)37(17-39-2)40-25-14-18(30)6-7-23(25)31/h3-5,8-9,11,13-15H,6-7,10,12,16-17,33H2,1-2H3. The van der Waals surface area contributed by atoms with Gasteiger partial charge in [-0.2, -0.15) is 0 Å². The second-order valence-corrected chi connectivity index (χ2v) is 9.80. The van der Waals surface area contributed by atoms with Crippen LogP contribution in [0, 0.1) is 5.82 Å². The zero-order chi connectivity index (χ0) is 28.6. The van der Waals surface area contributed by atoms with Gasteiger partial charge in [0, 0.05) is 62.2 Å². The first kappa shape index (κ1) is 29.4. The van der Waals surface area contributed by atoms with Crippen LogP contribution in [-0.2, 0) is 16.2 Å². The van der Waals surface area contributed by atoms with Crippen LogP contribution in [0.3, 0.4) is 0 Å². The number of aromatic nitrogens is 2. The average molecular weight is 576 g/mol. The van der Waals surface area contributed by atoms with Crippen LogP contribution in [0.5, 0.6) is 0 Å². The van der Waals surface area contributed by atoms with Gasteiger partial charge in [-0.1, -0.05) is 6.07 Å². The number of halogens is 4. The van der Waals surface area contributed by atoms with Crippen LogP contribution < -0.4 is 10.0 Å². The number of methoxy groups -OCH3 is 2. The van der Waals surface area contributed by atoms with Crippen LogP contribution in [0.2, 0.25) is 0 Å². The summed E-state index contributed by atoms with van der Waals surface area (Å²) in [5.74, 6) is -1.65. The molecule has 0 saturated carbocycles. The number of nitrogens with zero attached hydrogens (tertiary/aromatic N) is 4. The molecule has 40 heavy (non-hydrogen) atoms. The summed E-state index contributed by atoms with van der Waals surface area (Å²) in [6.07, 6.45) is 5.82. The maximum atomic E-state index is 16.1. The molecule has 2 aromatic heterocycles. The summed E-state index contributed by atoms with van der Waals surface area (Å²) in [7, 11) is 2.98. The minimum absolute atomic E-state index is 0.0186. The molecule has 1 aliphatic carbocycles. The number of allylic oxidation sites excluding steroid dienone is 4. The second kappa shape index (κ2) is 13.6. The van der Waals surface area contributed by atoms with Crippen LogP contribution in [0.25, 0.3) is 22.3 Å². The van der Waals surface area contributed by atoms with Gasteiger partial charge in [-0.15, -0.1) is 0 Å². The highest BCUT2D eigenvalue weighted by atomic mass is 32.2. The number of aliphatic imine (C=N–C) groups is 1. The fourth-order valence-corrected chi connectivity index (χ4v) is 5.24. The highest BCUT2D eigenvalue weighted by Gasteiger charge is 2.23. The number of hydrogen-bond donors (Lipinski definition) is 1. The highest BCUT2D eigenvalue weighted by Crippen LogP contribution is 2.39. The molecule has 2 N–H and O–H groups in total. The molecule has 0 bridgehead atoms. The van der Waals surface area contributed by atoms with Crippen LogP contribution >= 0.6 is 11.9 Å². The van der Waals surface area contributed by atoms with Crippen molar-refractivity contribution in [2.75, 3.05) is 38.5 Å². The molecule has 3 aromatic rings. The minimum Gasteiger partial charge on any atom is -0.398 e. The molecule has 0 saturated heterocycles. The van der Waals surface area contributed by atoms with Crippen LogP contribution in [0.15, 0.2) is 70.4 Å². The summed E-state index contributed by atoms with van der Waals surface area (Å²) in [5.41, 5.74) is 8.33. The zero-order valence-electron chi connectivity index (χ0n) is 22.0. The Morgan fingerprint density at radius 3 is 2.73 bits per heavy atom. The van der Waals surface area contributed by atoms with Gasteiger partial charge < -0.3 is 19.8 Å². The summed E-state index contributed by atoms with van der Waals surface area (Å²) in [4.78, 5) is 8.60. The fraction of sp³-hybridized carbons (Fsp3) is 0.286. The van der Waals surface area contributed by atoms with E-state index in [9.17, 15) is 13.2 Å². The Morgan fingerprint density at radius 2 is 1.98 bits per heavy atom. The van der Waals surface area contributed by atoms with Crippen LogP contribution in [-0.4, -0.2) is 49.9 Å². The summed E-state index contributed by atoms with van der Waals surface area (Å²) in [5, 5.41) is 0.714. The molecule has 0 aliphatic heterocycles. The molecule has 0 unspecified atom stereocenters. The van der Waals surface area contributed by atoms with Crippen molar-refractivity contribution in [3.05, 3.63) is 82.3 Å². The molecule has 0 spiro atoms.